The van der Waals surface area contributed by atoms with Gasteiger partial charge in [0.25, 0.3) is 0 Å². The Morgan fingerprint density at radius 3 is 2.21 bits per heavy atom. The molecule has 12 heteroatoms. The highest BCUT2D eigenvalue weighted by atomic mass is 16.7. The summed E-state index contributed by atoms with van der Waals surface area (Å²) in [6, 6.07) is 5.97. The maximum absolute atomic E-state index is 14.5. The number of hydrogen-bond acceptors (Lipinski definition) is 12. The van der Waals surface area contributed by atoms with Crippen LogP contribution < -0.4 is 19.6 Å². The van der Waals surface area contributed by atoms with E-state index in [1.54, 1.807) is 20.1 Å². The fourth-order valence-corrected chi connectivity index (χ4v) is 7.36. The SMILES string of the molecule is COc1ccc(OC)c2c(=O)c3c(oc12)C(=O)c1ccc2c(OC4OC(C)C(C)C(OC)C4C)c4c(c(O)c2c1C3=O)C(=O)OC(C)C4. The van der Waals surface area contributed by atoms with Gasteiger partial charge < -0.3 is 37.9 Å². The number of methoxy groups -OCH3 is 3. The first-order valence-electron chi connectivity index (χ1n) is 15.6. The van der Waals surface area contributed by atoms with E-state index in [2.05, 4.69) is 0 Å². The van der Waals surface area contributed by atoms with Crippen molar-refractivity contribution in [3.63, 3.8) is 0 Å². The van der Waals surface area contributed by atoms with Crippen molar-refractivity contribution in [1.29, 1.82) is 0 Å². The van der Waals surface area contributed by atoms with Gasteiger partial charge in [-0.05, 0) is 38.1 Å². The summed E-state index contributed by atoms with van der Waals surface area (Å²) in [5, 5.41) is 11.8. The second kappa shape index (κ2) is 11.3. The summed E-state index contributed by atoms with van der Waals surface area (Å²) in [6.07, 6.45) is -1.63. The third kappa shape index (κ3) is 4.35. The fourth-order valence-electron chi connectivity index (χ4n) is 7.36. The predicted octanol–water partition coefficient (Wildman–Crippen LogP) is 4.96. The van der Waals surface area contributed by atoms with Crippen LogP contribution in [0.5, 0.6) is 23.0 Å². The first-order valence-corrected chi connectivity index (χ1v) is 15.6. The molecule has 2 aliphatic heterocycles. The molecule has 3 heterocycles. The minimum Gasteiger partial charge on any atom is -0.506 e. The molecule has 6 atom stereocenters. The summed E-state index contributed by atoms with van der Waals surface area (Å²) in [6.45, 7) is 7.59. The molecule has 0 saturated carbocycles. The summed E-state index contributed by atoms with van der Waals surface area (Å²) < 4.78 is 40.9. The lowest BCUT2D eigenvalue weighted by Gasteiger charge is -2.43. The number of ketones is 2. The zero-order chi connectivity index (χ0) is 34.3. The van der Waals surface area contributed by atoms with Crippen LogP contribution in [0.25, 0.3) is 21.7 Å². The van der Waals surface area contributed by atoms with E-state index in [9.17, 15) is 24.3 Å². The van der Waals surface area contributed by atoms with Crippen molar-refractivity contribution in [2.75, 3.05) is 21.3 Å². The molecule has 48 heavy (non-hydrogen) atoms. The minimum absolute atomic E-state index is 0.0578. The average Bonchev–Trinajstić information content (AvgIpc) is 3.06. The van der Waals surface area contributed by atoms with Gasteiger partial charge in [-0.15, -0.1) is 0 Å². The number of esters is 1. The number of hydrogen-bond donors (Lipinski definition) is 1. The van der Waals surface area contributed by atoms with E-state index >= 15 is 0 Å². The zero-order valence-electron chi connectivity index (χ0n) is 27.4. The number of rotatable bonds is 5. The highest BCUT2D eigenvalue weighted by Crippen LogP contribution is 2.48. The Morgan fingerprint density at radius 1 is 0.812 bits per heavy atom. The zero-order valence-corrected chi connectivity index (χ0v) is 27.4. The lowest BCUT2D eigenvalue weighted by Crippen LogP contribution is -2.51. The van der Waals surface area contributed by atoms with Crippen molar-refractivity contribution in [2.24, 2.45) is 11.8 Å². The van der Waals surface area contributed by atoms with Crippen LogP contribution in [0.2, 0.25) is 0 Å². The van der Waals surface area contributed by atoms with Crippen molar-refractivity contribution >= 4 is 39.3 Å². The van der Waals surface area contributed by atoms with Crippen molar-refractivity contribution < 1.29 is 52.3 Å². The summed E-state index contributed by atoms with van der Waals surface area (Å²) in [7, 11) is 4.35. The Morgan fingerprint density at radius 2 is 1.52 bits per heavy atom. The standard InChI is InChI=1S/C36H34O12/c1-13-12-19-24(35(41)45-13)28(38)23-18(32(19)48-36-15(3)31(44-7)14(2)16(4)46-36)9-8-17-22(23)29(39)26-30(40)25-20(42-5)10-11-21(43-6)33(25)47-34(26)27(17)37/h8-11,13-16,31,36,38H,12H2,1-7H3. The number of carbonyl (C=O) groups is 3. The summed E-state index contributed by atoms with van der Waals surface area (Å²) in [4.78, 5) is 55.9. The Kier molecular flexibility index (Phi) is 7.48. The number of aromatic hydroxyl groups is 1. The Bertz CT molecular complexity index is 2130. The second-order valence-corrected chi connectivity index (χ2v) is 12.6. The molecule has 6 unspecified atom stereocenters. The molecule has 1 fully saturated rings. The van der Waals surface area contributed by atoms with Gasteiger partial charge in [0.15, 0.2) is 17.1 Å². The van der Waals surface area contributed by atoms with E-state index in [-0.39, 0.29) is 86.1 Å². The highest BCUT2D eigenvalue weighted by Gasteiger charge is 2.44. The number of fused-ring (bicyclic) bond motifs is 6. The maximum Gasteiger partial charge on any atom is 0.342 e. The second-order valence-electron chi connectivity index (χ2n) is 12.6. The highest BCUT2D eigenvalue weighted by molar-refractivity contribution is 6.33. The van der Waals surface area contributed by atoms with Crippen LogP contribution in [-0.2, 0) is 20.6 Å². The molecule has 0 spiro atoms. The minimum atomic E-state index is -0.881. The molecule has 7 rings (SSSR count). The molecule has 12 nitrogen and oxygen atoms in total. The van der Waals surface area contributed by atoms with E-state index in [1.807, 2.05) is 20.8 Å². The summed E-state index contributed by atoms with van der Waals surface area (Å²) in [5.74, 6) is -3.25. The van der Waals surface area contributed by atoms with E-state index in [0.717, 1.165) is 0 Å². The van der Waals surface area contributed by atoms with E-state index < -0.39 is 52.4 Å². The number of carbonyl (C=O) groups excluding carboxylic acids is 3. The van der Waals surface area contributed by atoms with Crippen LogP contribution in [0.4, 0.5) is 0 Å². The van der Waals surface area contributed by atoms with Gasteiger partial charge in [0, 0.05) is 52.8 Å². The monoisotopic (exact) mass is 658 g/mol. The molecule has 4 aromatic rings. The lowest BCUT2D eigenvalue weighted by atomic mass is 9.81. The van der Waals surface area contributed by atoms with Gasteiger partial charge in [0.2, 0.25) is 23.3 Å². The van der Waals surface area contributed by atoms with Gasteiger partial charge in [-0.3, -0.25) is 14.4 Å². The molecular formula is C36H34O12. The van der Waals surface area contributed by atoms with E-state index in [4.69, 9.17) is 32.8 Å². The van der Waals surface area contributed by atoms with Gasteiger partial charge in [-0.1, -0.05) is 13.8 Å². The number of benzene rings is 3. The first-order chi connectivity index (χ1) is 22.9. The van der Waals surface area contributed by atoms with Gasteiger partial charge in [-0.25, -0.2) is 4.79 Å². The number of cyclic esters (lactones) is 1. The van der Waals surface area contributed by atoms with Gasteiger partial charge in [0.05, 0.1) is 26.4 Å². The normalized spacial score (nSPS) is 24.9. The lowest BCUT2D eigenvalue weighted by molar-refractivity contribution is -0.230. The number of ether oxygens (including phenoxy) is 6. The van der Waals surface area contributed by atoms with Crippen LogP contribution in [0.1, 0.15) is 75.7 Å². The van der Waals surface area contributed by atoms with Crippen molar-refractivity contribution in [3.8, 4) is 23.0 Å². The molecule has 0 bridgehead atoms. The Labute approximate surface area is 274 Å². The molecule has 0 amide bonds. The summed E-state index contributed by atoms with van der Waals surface area (Å²) >= 11 is 0. The van der Waals surface area contributed by atoms with Crippen LogP contribution in [0, 0.1) is 11.8 Å². The summed E-state index contributed by atoms with van der Waals surface area (Å²) in [5.41, 5.74) is -1.64. The molecule has 1 aromatic heterocycles. The van der Waals surface area contributed by atoms with E-state index in [1.165, 1.54) is 32.4 Å². The van der Waals surface area contributed by atoms with Crippen molar-refractivity contribution in [2.45, 2.75) is 58.7 Å². The topological polar surface area (TPSA) is 157 Å². The van der Waals surface area contributed by atoms with Crippen molar-refractivity contribution in [1.82, 2.24) is 0 Å². The van der Waals surface area contributed by atoms with Crippen LogP contribution >= 0.6 is 0 Å². The van der Waals surface area contributed by atoms with Crippen LogP contribution in [0.15, 0.2) is 33.5 Å². The third-order valence-electron chi connectivity index (χ3n) is 9.88. The molecule has 1 aliphatic carbocycles. The van der Waals surface area contributed by atoms with Gasteiger partial charge in [-0.2, -0.15) is 0 Å². The van der Waals surface area contributed by atoms with Crippen LogP contribution in [-0.4, -0.2) is 68.6 Å². The molecule has 1 N–H and O–H groups in total. The predicted molar refractivity (Wildman–Crippen MR) is 171 cm³/mol. The number of phenols is 1. The molecular weight excluding hydrogens is 624 g/mol. The Hall–Kier alpha value is -4.94. The van der Waals surface area contributed by atoms with Crippen molar-refractivity contribution in [3.05, 3.63) is 68.1 Å². The first kappa shape index (κ1) is 31.6. The Balaban J connectivity index is 1.50. The smallest absolute Gasteiger partial charge is 0.342 e. The van der Waals surface area contributed by atoms with Gasteiger partial charge in [0.1, 0.15) is 39.9 Å². The number of phenolic OH excluding ortho intramolecular Hbond substituents is 1. The largest absolute Gasteiger partial charge is 0.506 e. The third-order valence-corrected chi connectivity index (χ3v) is 9.88. The molecule has 0 radical (unpaired) electrons. The average molecular weight is 659 g/mol. The molecule has 1 saturated heterocycles. The molecule has 3 aliphatic rings. The quantitative estimate of drug-likeness (QED) is 0.254. The maximum atomic E-state index is 14.5. The molecule has 3 aromatic carbocycles. The fraction of sp³-hybridized carbons (Fsp3) is 0.389. The van der Waals surface area contributed by atoms with E-state index in [0.29, 0.717) is 5.56 Å². The molecule has 250 valence electrons. The van der Waals surface area contributed by atoms with Crippen LogP contribution in [0.3, 0.4) is 0 Å². The van der Waals surface area contributed by atoms with Gasteiger partial charge >= 0.3 is 5.97 Å².